The zero-order chi connectivity index (χ0) is 12.3. The van der Waals surface area contributed by atoms with Crippen LogP contribution in [0, 0.1) is 12.7 Å². The van der Waals surface area contributed by atoms with Gasteiger partial charge in [0.05, 0.1) is 6.20 Å². The molecular weight excluding hydrogens is 217 g/mol. The second kappa shape index (κ2) is 4.82. The summed E-state index contributed by atoms with van der Waals surface area (Å²) in [5, 5.41) is 7.29. The topological polar surface area (TPSA) is 29.9 Å². The Hall–Kier alpha value is -2.10. The summed E-state index contributed by atoms with van der Waals surface area (Å²) >= 11 is 0. The molecule has 4 heteroatoms. The molecule has 1 N–H and O–H groups in total. The van der Waals surface area contributed by atoms with Crippen LogP contribution < -0.4 is 5.32 Å². The highest BCUT2D eigenvalue weighted by Crippen LogP contribution is 2.14. The maximum absolute atomic E-state index is 13.1. The second-order valence-electron chi connectivity index (χ2n) is 3.83. The van der Waals surface area contributed by atoms with Crippen molar-refractivity contribution in [1.82, 2.24) is 9.78 Å². The Morgan fingerprint density at radius 1 is 1.53 bits per heavy atom. The maximum atomic E-state index is 13.1. The fraction of sp³-hybridized carbons (Fsp3) is 0.154. The van der Waals surface area contributed by atoms with Crippen molar-refractivity contribution in [3.05, 3.63) is 54.1 Å². The van der Waals surface area contributed by atoms with Crippen molar-refractivity contribution < 1.29 is 4.39 Å². The molecule has 0 saturated heterocycles. The monoisotopic (exact) mass is 231 g/mol. The van der Waals surface area contributed by atoms with Crippen LogP contribution in [0.2, 0.25) is 0 Å². The van der Waals surface area contributed by atoms with Crippen LogP contribution >= 0.6 is 0 Å². The van der Waals surface area contributed by atoms with E-state index in [2.05, 4.69) is 17.0 Å². The molecule has 0 radical (unpaired) electrons. The lowest BCUT2D eigenvalue weighted by molar-refractivity contribution is 0.618. The van der Waals surface area contributed by atoms with Crippen LogP contribution in [0.25, 0.3) is 6.20 Å². The van der Waals surface area contributed by atoms with E-state index in [1.165, 1.54) is 6.07 Å². The molecule has 0 saturated carbocycles. The van der Waals surface area contributed by atoms with Crippen molar-refractivity contribution in [1.29, 1.82) is 0 Å². The van der Waals surface area contributed by atoms with Crippen molar-refractivity contribution in [2.24, 2.45) is 0 Å². The molecule has 2 rings (SSSR count). The zero-order valence-electron chi connectivity index (χ0n) is 9.65. The molecule has 0 amide bonds. The van der Waals surface area contributed by atoms with Gasteiger partial charge in [-0.25, -0.2) is 9.07 Å². The van der Waals surface area contributed by atoms with E-state index in [1.807, 2.05) is 6.20 Å². The van der Waals surface area contributed by atoms with Gasteiger partial charge in [0.2, 0.25) is 0 Å². The highest BCUT2D eigenvalue weighted by Gasteiger charge is 2.00. The zero-order valence-corrected chi connectivity index (χ0v) is 9.65. The first kappa shape index (κ1) is 11.4. The molecule has 1 aromatic carbocycles. The van der Waals surface area contributed by atoms with Crippen LogP contribution in [0.3, 0.4) is 0 Å². The summed E-state index contributed by atoms with van der Waals surface area (Å²) in [6.07, 6.45) is 5.28. The summed E-state index contributed by atoms with van der Waals surface area (Å²) in [4.78, 5) is 0. The number of hydrogen-bond donors (Lipinski definition) is 1. The van der Waals surface area contributed by atoms with Gasteiger partial charge in [-0.15, -0.1) is 0 Å². The number of nitrogens with zero attached hydrogens (tertiary/aromatic N) is 2. The molecule has 0 bridgehead atoms. The Bertz CT molecular complexity index is 531. The number of aryl methyl sites for hydroxylation is 1. The summed E-state index contributed by atoms with van der Waals surface area (Å²) in [7, 11) is 0. The molecule has 0 unspecified atom stereocenters. The molecular formula is C13H14FN3. The van der Waals surface area contributed by atoms with Crippen LogP contribution in [0.1, 0.15) is 11.1 Å². The minimum Gasteiger partial charge on any atom is -0.381 e. The molecule has 0 atom stereocenters. The van der Waals surface area contributed by atoms with Crippen molar-refractivity contribution in [3.63, 3.8) is 0 Å². The smallest absolute Gasteiger partial charge is 0.126 e. The molecule has 2 aromatic rings. The Labute approximate surface area is 99.6 Å². The van der Waals surface area contributed by atoms with Crippen LogP contribution in [-0.2, 0) is 6.54 Å². The molecule has 1 aromatic heterocycles. The predicted molar refractivity (Wildman–Crippen MR) is 67.1 cm³/mol. The van der Waals surface area contributed by atoms with Gasteiger partial charge in [-0.2, -0.15) is 5.10 Å². The number of nitrogens with one attached hydrogen (secondary N) is 1. The number of halogens is 1. The minimum absolute atomic E-state index is 0.185. The Kier molecular flexibility index (Phi) is 3.23. The molecule has 0 aliphatic carbocycles. The number of aromatic nitrogens is 2. The van der Waals surface area contributed by atoms with Crippen LogP contribution in [-0.4, -0.2) is 9.78 Å². The standard InChI is InChI=1S/C13H14FN3/c1-3-17-9-11(8-16-17)7-15-12-4-5-13(14)10(2)6-12/h3-6,8-9,15H,1,7H2,2H3. The maximum Gasteiger partial charge on any atom is 0.126 e. The van der Waals surface area contributed by atoms with E-state index >= 15 is 0 Å². The third kappa shape index (κ3) is 2.72. The third-order valence-electron chi connectivity index (χ3n) is 2.50. The van der Waals surface area contributed by atoms with E-state index in [4.69, 9.17) is 0 Å². The van der Waals surface area contributed by atoms with Crippen LogP contribution in [0.5, 0.6) is 0 Å². The van der Waals surface area contributed by atoms with Crippen LogP contribution in [0.4, 0.5) is 10.1 Å². The highest BCUT2D eigenvalue weighted by molar-refractivity contribution is 5.46. The van der Waals surface area contributed by atoms with Gasteiger partial charge in [0, 0.05) is 30.2 Å². The molecule has 1 heterocycles. The Balaban J connectivity index is 2.01. The second-order valence-corrected chi connectivity index (χ2v) is 3.83. The number of rotatable bonds is 4. The summed E-state index contributed by atoms with van der Waals surface area (Å²) in [6.45, 7) is 6.02. The van der Waals surface area contributed by atoms with Gasteiger partial charge >= 0.3 is 0 Å². The molecule has 0 fully saturated rings. The molecule has 17 heavy (non-hydrogen) atoms. The average molecular weight is 231 g/mol. The Morgan fingerprint density at radius 2 is 2.35 bits per heavy atom. The molecule has 0 spiro atoms. The lowest BCUT2D eigenvalue weighted by atomic mass is 10.2. The van der Waals surface area contributed by atoms with Gasteiger partial charge < -0.3 is 5.32 Å². The fourth-order valence-corrected chi connectivity index (χ4v) is 1.53. The summed E-state index contributed by atoms with van der Waals surface area (Å²) in [5.74, 6) is -0.185. The number of benzene rings is 1. The van der Waals surface area contributed by atoms with Crippen molar-refractivity contribution in [3.8, 4) is 0 Å². The first-order valence-electron chi connectivity index (χ1n) is 5.34. The largest absolute Gasteiger partial charge is 0.381 e. The van der Waals surface area contributed by atoms with Crippen molar-refractivity contribution in [2.75, 3.05) is 5.32 Å². The molecule has 0 aliphatic heterocycles. The predicted octanol–water partition coefficient (Wildman–Crippen LogP) is 3.04. The molecule has 88 valence electrons. The normalized spacial score (nSPS) is 10.2. The lowest BCUT2D eigenvalue weighted by Crippen LogP contribution is -1.99. The van der Waals surface area contributed by atoms with E-state index in [-0.39, 0.29) is 5.82 Å². The van der Waals surface area contributed by atoms with E-state index in [0.717, 1.165) is 11.3 Å². The van der Waals surface area contributed by atoms with E-state index in [9.17, 15) is 4.39 Å². The third-order valence-corrected chi connectivity index (χ3v) is 2.50. The van der Waals surface area contributed by atoms with Gasteiger partial charge in [0.25, 0.3) is 0 Å². The van der Waals surface area contributed by atoms with Crippen molar-refractivity contribution >= 4 is 11.9 Å². The summed E-state index contributed by atoms with van der Waals surface area (Å²) in [5.41, 5.74) is 2.58. The van der Waals surface area contributed by atoms with E-state index < -0.39 is 0 Å². The summed E-state index contributed by atoms with van der Waals surface area (Å²) < 4.78 is 14.7. The van der Waals surface area contributed by atoms with Gasteiger partial charge in [-0.3, -0.25) is 0 Å². The first-order chi connectivity index (χ1) is 8.19. The number of hydrogen-bond acceptors (Lipinski definition) is 2. The lowest BCUT2D eigenvalue weighted by Gasteiger charge is -2.06. The highest BCUT2D eigenvalue weighted by atomic mass is 19.1. The van der Waals surface area contributed by atoms with E-state index in [0.29, 0.717) is 12.1 Å². The SMILES string of the molecule is C=Cn1cc(CNc2ccc(F)c(C)c2)cn1. The van der Waals surface area contributed by atoms with Gasteiger partial charge in [0.1, 0.15) is 5.82 Å². The average Bonchev–Trinajstić information content (AvgIpc) is 2.79. The Morgan fingerprint density at radius 3 is 3.00 bits per heavy atom. The molecule has 3 nitrogen and oxygen atoms in total. The first-order valence-corrected chi connectivity index (χ1v) is 5.34. The quantitative estimate of drug-likeness (QED) is 0.876. The fourth-order valence-electron chi connectivity index (χ4n) is 1.53. The van der Waals surface area contributed by atoms with Crippen LogP contribution in [0.15, 0.2) is 37.2 Å². The molecule has 0 aliphatic rings. The van der Waals surface area contributed by atoms with E-state index in [1.54, 1.807) is 36.1 Å². The number of anilines is 1. The van der Waals surface area contributed by atoms with Gasteiger partial charge in [-0.1, -0.05) is 6.58 Å². The van der Waals surface area contributed by atoms with Gasteiger partial charge in [-0.05, 0) is 30.7 Å². The minimum atomic E-state index is -0.185. The van der Waals surface area contributed by atoms with Gasteiger partial charge in [0.15, 0.2) is 0 Å². The summed E-state index contributed by atoms with van der Waals surface area (Å²) in [6, 6.07) is 4.97. The van der Waals surface area contributed by atoms with Crippen molar-refractivity contribution in [2.45, 2.75) is 13.5 Å².